The van der Waals surface area contributed by atoms with Crippen LogP contribution in [0.15, 0.2) is 0 Å². The first-order valence-corrected chi connectivity index (χ1v) is 5.82. The molecule has 1 aliphatic carbocycles. The van der Waals surface area contributed by atoms with E-state index in [-0.39, 0.29) is 18.2 Å². The van der Waals surface area contributed by atoms with Gasteiger partial charge >= 0.3 is 5.97 Å². The van der Waals surface area contributed by atoms with Gasteiger partial charge in [-0.2, -0.15) is 5.26 Å². The van der Waals surface area contributed by atoms with Gasteiger partial charge in [0.25, 0.3) is 0 Å². The van der Waals surface area contributed by atoms with E-state index in [0.29, 0.717) is 19.4 Å². The van der Waals surface area contributed by atoms with Crippen LogP contribution in [-0.4, -0.2) is 35.5 Å². The van der Waals surface area contributed by atoms with Gasteiger partial charge in [-0.1, -0.05) is 6.92 Å². The Morgan fingerprint density at radius 3 is 2.53 bits per heavy atom. The maximum Gasteiger partial charge on any atom is 0.307 e. The molecule has 0 aromatic rings. The van der Waals surface area contributed by atoms with E-state index in [1.54, 1.807) is 7.05 Å². The predicted molar refractivity (Wildman–Crippen MR) is 60.9 cm³/mol. The molecule has 5 heteroatoms. The van der Waals surface area contributed by atoms with Gasteiger partial charge in [0.2, 0.25) is 5.91 Å². The van der Waals surface area contributed by atoms with Gasteiger partial charge in [-0.3, -0.25) is 9.59 Å². The third-order valence-corrected chi connectivity index (χ3v) is 3.37. The zero-order chi connectivity index (χ0) is 13.0. The monoisotopic (exact) mass is 238 g/mol. The lowest BCUT2D eigenvalue weighted by molar-refractivity contribution is -0.148. The molecule has 0 saturated heterocycles. The zero-order valence-corrected chi connectivity index (χ0v) is 10.2. The van der Waals surface area contributed by atoms with Crippen molar-refractivity contribution in [2.45, 2.75) is 26.2 Å². The number of nitrogens with zero attached hydrogens (tertiary/aromatic N) is 2. The van der Waals surface area contributed by atoms with Crippen molar-refractivity contribution in [1.29, 1.82) is 5.26 Å². The highest BCUT2D eigenvalue weighted by Crippen LogP contribution is 2.37. The average molecular weight is 238 g/mol. The number of hydrogen-bond donors (Lipinski definition) is 1. The van der Waals surface area contributed by atoms with Crippen molar-refractivity contribution in [2.75, 3.05) is 13.6 Å². The van der Waals surface area contributed by atoms with Crippen LogP contribution < -0.4 is 0 Å². The number of aliphatic carboxylic acids is 1. The van der Waals surface area contributed by atoms with Crippen molar-refractivity contribution < 1.29 is 14.7 Å². The Kier molecular flexibility index (Phi) is 4.50. The molecular weight excluding hydrogens is 220 g/mol. The maximum absolute atomic E-state index is 12.1. The Hall–Kier alpha value is -1.57. The second-order valence-electron chi connectivity index (χ2n) is 4.80. The van der Waals surface area contributed by atoms with E-state index in [1.807, 2.05) is 13.0 Å². The number of nitriles is 1. The first-order valence-electron chi connectivity index (χ1n) is 5.82. The summed E-state index contributed by atoms with van der Waals surface area (Å²) >= 11 is 0. The largest absolute Gasteiger partial charge is 0.481 e. The molecule has 0 radical (unpaired) electrons. The van der Waals surface area contributed by atoms with E-state index in [1.165, 1.54) is 4.90 Å². The highest BCUT2D eigenvalue weighted by atomic mass is 16.4. The lowest BCUT2D eigenvalue weighted by atomic mass is 9.95. The molecule has 0 heterocycles. The maximum atomic E-state index is 12.1. The molecule has 1 amide bonds. The van der Waals surface area contributed by atoms with Gasteiger partial charge in [0.1, 0.15) is 0 Å². The van der Waals surface area contributed by atoms with Crippen molar-refractivity contribution in [3.63, 3.8) is 0 Å². The summed E-state index contributed by atoms with van der Waals surface area (Å²) in [6.07, 6.45) is 1.48. The third kappa shape index (κ3) is 3.19. The molecule has 0 spiro atoms. The standard InChI is InChI=1S/C12H18N2O3/c1-8-6-9(10(7-8)12(16)17)11(15)14(2)5-3-4-13/h8-10H,3,5-7H2,1-2H3,(H,16,17)/t8?,9-,10+/m0/s1. The van der Waals surface area contributed by atoms with Crippen LogP contribution in [0.3, 0.4) is 0 Å². The summed E-state index contributed by atoms with van der Waals surface area (Å²) in [6.45, 7) is 2.34. The topological polar surface area (TPSA) is 81.4 Å². The quantitative estimate of drug-likeness (QED) is 0.795. The van der Waals surface area contributed by atoms with Gasteiger partial charge in [0, 0.05) is 13.6 Å². The van der Waals surface area contributed by atoms with Crippen molar-refractivity contribution in [2.24, 2.45) is 17.8 Å². The summed E-state index contributed by atoms with van der Waals surface area (Å²) in [5.41, 5.74) is 0. The lowest BCUT2D eigenvalue weighted by Gasteiger charge is -2.22. The molecule has 0 bridgehead atoms. The molecule has 1 unspecified atom stereocenters. The van der Waals surface area contributed by atoms with Gasteiger partial charge in [0.15, 0.2) is 0 Å². The number of carboxylic acids is 1. The van der Waals surface area contributed by atoms with Crippen molar-refractivity contribution in [3.05, 3.63) is 0 Å². The van der Waals surface area contributed by atoms with Crippen LogP contribution in [0.1, 0.15) is 26.2 Å². The molecule has 1 saturated carbocycles. The molecule has 0 aliphatic heterocycles. The molecule has 0 aromatic heterocycles. The summed E-state index contributed by atoms with van der Waals surface area (Å²) in [6, 6.07) is 1.98. The van der Waals surface area contributed by atoms with E-state index >= 15 is 0 Å². The van der Waals surface area contributed by atoms with Gasteiger partial charge < -0.3 is 10.0 Å². The van der Waals surface area contributed by atoms with Crippen molar-refractivity contribution in [1.82, 2.24) is 4.90 Å². The van der Waals surface area contributed by atoms with Gasteiger partial charge in [-0.25, -0.2) is 0 Å². The second-order valence-corrected chi connectivity index (χ2v) is 4.80. The molecule has 3 atom stereocenters. The fraction of sp³-hybridized carbons (Fsp3) is 0.750. The molecular formula is C12H18N2O3. The molecule has 1 fully saturated rings. The third-order valence-electron chi connectivity index (χ3n) is 3.37. The normalized spacial score (nSPS) is 27.5. The molecule has 17 heavy (non-hydrogen) atoms. The second kappa shape index (κ2) is 5.67. The highest BCUT2D eigenvalue weighted by molar-refractivity contribution is 5.85. The fourth-order valence-electron chi connectivity index (χ4n) is 2.45. The Bertz CT molecular complexity index is 348. The SMILES string of the molecule is CC1C[C@H](C(=O)N(C)CCC#N)[C@H](C(=O)O)C1. The van der Waals surface area contributed by atoms with Crippen LogP contribution in [0.4, 0.5) is 0 Å². The van der Waals surface area contributed by atoms with E-state index in [4.69, 9.17) is 10.4 Å². The number of carboxylic acid groups (broad SMARTS) is 1. The van der Waals surface area contributed by atoms with Crippen LogP contribution in [0.25, 0.3) is 0 Å². The van der Waals surface area contributed by atoms with Gasteiger partial charge in [0.05, 0.1) is 24.3 Å². The van der Waals surface area contributed by atoms with E-state index in [2.05, 4.69) is 0 Å². The molecule has 1 rings (SSSR count). The number of carbonyl (C=O) groups excluding carboxylic acids is 1. The van der Waals surface area contributed by atoms with Gasteiger partial charge in [-0.15, -0.1) is 0 Å². The summed E-state index contributed by atoms with van der Waals surface area (Å²) in [5.74, 6) is -1.75. The van der Waals surface area contributed by atoms with Crippen LogP contribution in [0, 0.1) is 29.1 Å². The summed E-state index contributed by atoms with van der Waals surface area (Å²) in [4.78, 5) is 24.6. The number of hydrogen-bond acceptors (Lipinski definition) is 3. The van der Waals surface area contributed by atoms with Crippen molar-refractivity contribution >= 4 is 11.9 Å². The number of carbonyl (C=O) groups is 2. The van der Waals surface area contributed by atoms with E-state index in [0.717, 1.165) is 0 Å². The van der Waals surface area contributed by atoms with Gasteiger partial charge in [-0.05, 0) is 18.8 Å². The molecule has 1 aliphatic rings. The zero-order valence-electron chi connectivity index (χ0n) is 10.2. The number of amides is 1. The summed E-state index contributed by atoms with van der Waals surface area (Å²) < 4.78 is 0. The van der Waals surface area contributed by atoms with E-state index in [9.17, 15) is 9.59 Å². The van der Waals surface area contributed by atoms with E-state index < -0.39 is 17.8 Å². The minimum Gasteiger partial charge on any atom is -0.481 e. The predicted octanol–water partition coefficient (Wildman–Crippen LogP) is 1.11. The lowest BCUT2D eigenvalue weighted by Crippen LogP contribution is -2.37. The highest BCUT2D eigenvalue weighted by Gasteiger charge is 2.42. The fourth-order valence-corrected chi connectivity index (χ4v) is 2.45. The summed E-state index contributed by atoms with van der Waals surface area (Å²) in [5, 5.41) is 17.5. The summed E-state index contributed by atoms with van der Waals surface area (Å²) in [7, 11) is 1.63. The molecule has 0 aromatic carbocycles. The van der Waals surface area contributed by atoms with Crippen LogP contribution in [-0.2, 0) is 9.59 Å². The Morgan fingerprint density at radius 2 is 2.00 bits per heavy atom. The molecule has 94 valence electrons. The van der Waals surface area contributed by atoms with Crippen LogP contribution >= 0.6 is 0 Å². The minimum atomic E-state index is -0.888. The first-order chi connectivity index (χ1) is 7.97. The molecule has 5 nitrogen and oxygen atoms in total. The van der Waals surface area contributed by atoms with Crippen LogP contribution in [0.2, 0.25) is 0 Å². The first kappa shape index (κ1) is 13.5. The molecule has 1 N–H and O–H groups in total. The average Bonchev–Trinajstić information content (AvgIpc) is 2.67. The minimum absolute atomic E-state index is 0.142. The van der Waals surface area contributed by atoms with Crippen LogP contribution in [0.5, 0.6) is 0 Å². The Balaban J connectivity index is 2.67. The Labute approximate surface area is 101 Å². The Morgan fingerprint density at radius 1 is 1.41 bits per heavy atom. The van der Waals surface area contributed by atoms with Crippen molar-refractivity contribution in [3.8, 4) is 6.07 Å². The smallest absolute Gasteiger partial charge is 0.307 e. The number of rotatable bonds is 4.